The normalized spacial score (nSPS) is 26.8. The molecule has 8 nitrogen and oxygen atoms in total. The van der Waals surface area contributed by atoms with Gasteiger partial charge in [-0.2, -0.15) is 0 Å². The zero-order valence-electron chi connectivity index (χ0n) is 23.1. The molecule has 2 bridgehead atoms. The molecule has 1 N–H and O–H groups in total. The van der Waals surface area contributed by atoms with Gasteiger partial charge in [0.25, 0.3) is 5.91 Å². The van der Waals surface area contributed by atoms with E-state index in [1.807, 2.05) is 24.3 Å². The molecule has 0 saturated carbocycles. The number of nitrogens with zero attached hydrogens (tertiary/aromatic N) is 3. The first kappa shape index (κ1) is 29.2. The standard InChI is InChI=1S/C30H41N3O5S/c1-5-9-20-38-29(37)24-23-15-16-30(39-23)25(24)27(35)33(18-10-19-34)26(30)28(36)32(17-6-2)22-13-11-21(12-14-22)31(7-3)8-4/h5-6,11-14,23-26,34H,1-2,7-10,15-20H2,3-4H3/t23-,24+,25+,26?,30?/m1/s1. The van der Waals surface area contributed by atoms with Crippen LogP contribution in [0.5, 0.6) is 0 Å². The van der Waals surface area contributed by atoms with Crippen LogP contribution in [0.2, 0.25) is 0 Å². The average Bonchev–Trinajstić information content (AvgIpc) is 3.59. The van der Waals surface area contributed by atoms with Crippen molar-refractivity contribution < 1.29 is 24.2 Å². The Morgan fingerprint density at radius 3 is 2.49 bits per heavy atom. The van der Waals surface area contributed by atoms with Gasteiger partial charge in [0.2, 0.25) is 5.91 Å². The van der Waals surface area contributed by atoms with E-state index in [2.05, 4.69) is 31.9 Å². The summed E-state index contributed by atoms with van der Waals surface area (Å²) >= 11 is 1.62. The number of carbonyl (C=O) groups is 3. The molecule has 3 heterocycles. The molecule has 212 valence electrons. The summed E-state index contributed by atoms with van der Waals surface area (Å²) in [4.78, 5) is 47.2. The first-order valence-electron chi connectivity index (χ1n) is 14.0. The van der Waals surface area contributed by atoms with Crippen molar-refractivity contribution in [2.24, 2.45) is 11.8 Å². The zero-order valence-corrected chi connectivity index (χ0v) is 23.9. The van der Waals surface area contributed by atoms with Crippen molar-refractivity contribution in [3.8, 4) is 0 Å². The van der Waals surface area contributed by atoms with Crippen molar-refractivity contribution in [2.75, 3.05) is 49.2 Å². The van der Waals surface area contributed by atoms with Crippen LogP contribution in [-0.4, -0.2) is 83.2 Å². The zero-order chi connectivity index (χ0) is 28.2. The van der Waals surface area contributed by atoms with Gasteiger partial charge in [-0.3, -0.25) is 14.4 Å². The molecule has 0 aliphatic carbocycles. The third-order valence-electron chi connectivity index (χ3n) is 8.30. The first-order chi connectivity index (χ1) is 18.9. The van der Waals surface area contributed by atoms with Crippen molar-refractivity contribution in [2.45, 2.75) is 55.6 Å². The van der Waals surface area contributed by atoms with E-state index in [1.54, 1.807) is 33.7 Å². The van der Waals surface area contributed by atoms with Crippen LogP contribution in [0.15, 0.2) is 49.6 Å². The van der Waals surface area contributed by atoms with Gasteiger partial charge in [-0.05, 0) is 63.8 Å². The van der Waals surface area contributed by atoms with Crippen molar-refractivity contribution >= 4 is 40.9 Å². The van der Waals surface area contributed by atoms with Crippen LogP contribution in [0.3, 0.4) is 0 Å². The van der Waals surface area contributed by atoms with E-state index < -0.39 is 22.6 Å². The number of rotatable bonds is 14. The molecule has 1 aromatic rings. The number of aliphatic hydroxyl groups excluding tert-OH is 1. The Labute approximate surface area is 236 Å². The minimum absolute atomic E-state index is 0.0494. The lowest BCUT2D eigenvalue weighted by Gasteiger charge is -2.37. The summed E-state index contributed by atoms with van der Waals surface area (Å²) in [5.74, 6) is -1.90. The van der Waals surface area contributed by atoms with Gasteiger partial charge in [0, 0.05) is 49.4 Å². The summed E-state index contributed by atoms with van der Waals surface area (Å²) in [6, 6.07) is 7.18. The maximum absolute atomic E-state index is 14.5. The molecule has 3 aliphatic rings. The van der Waals surface area contributed by atoms with Crippen molar-refractivity contribution in [3.63, 3.8) is 0 Å². The maximum atomic E-state index is 14.5. The number of hydrogen-bond acceptors (Lipinski definition) is 7. The number of fused-ring (bicyclic) bond motifs is 1. The lowest BCUT2D eigenvalue weighted by Crippen LogP contribution is -2.55. The molecule has 1 aromatic carbocycles. The highest BCUT2D eigenvalue weighted by atomic mass is 32.2. The third-order valence-corrected chi connectivity index (χ3v) is 10.2. The molecule has 39 heavy (non-hydrogen) atoms. The predicted molar refractivity (Wildman–Crippen MR) is 156 cm³/mol. The van der Waals surface area contributed by atoms with Gasteiger partial charge in [0.15, 0.2) is 0 Å². The minimum atomic E-state index is -0.732. The van der Waals surface area contributed by atoms with Gasteiger partial charge >= 0.3 is 5.97 Å². The number of thioether (sulfide) groups is 1. The van der Waals surface area contributed by atoms with Crippen LogP contribution in [0.1, 0.15) is 39.5 Å². The topological polar surface area (TPSA) is 90.4 Å². The van der Waals surface area contributed by atoms with Gasteiger partial charge in [-0.15, -0.1) is 24.9 Å². The Hall–Kier alpha value is -2.78. The van der Waals surface area contributed by atoms with Crippen molar-refractivity contribution in [3.05, 3.63) is 49.6 Å². The smallest absolute Gasteiger partial charge is 0.310 e. The fraction of sp³-hybridized carbons (Fsp3) is 0.567. The second-order valence-corrected chi connectivity index (χ2v) is 11.9. The van der Waals surface area contributed by atoms with Crippen LogP contribution in [-0.2, 0) is 19.1 Å². The number of aliphatic hydroxyl groups is 1. The van der Waals surface area contributed by atoms with Gasteiger partial charge in [0.05, 0.1) is 23.2 Å². The van der Waals surface area contributed by atoms with Crippen molar-refractivity contribution in [1.82, 2.24) is 4.90 Å². The fourth-order valence-corrected chi connectivity index (χ4v) is 8.75. The summed E-state index contributed by atoms with van der Waals surface area (Å²) in [5.41, 5.74) is 1.82. The van der Waals surface area contributed by atoms with Gasteiger partial charge in [-0.25, -0.2) is 0 Å². The Bertz CT molecular complexity index is 1070. The minimum Gasteiger partial charge on any atom is -0.465 e. The van der Waals surface area contributed by atoms with Crippen LogP contribution in [0, 0.1) is 11.8 Å². The Morgan fingerprint density at radius 1 is 1.18 bits per heavy atom. The van der Waals surface area contributed by atoms with Gasteiger partial charge in [-0.1, -0.05) is 12.2 Å². The fourth-order valence-electron chi connectivity index (χ4n) is 6.55. The number of esters is 1. The Kier molecular flexibility index (Phi) is 9.43. The summed E-state index contributed by atoms with van der Waals surface area (Å²) in [6.07, 6.45) is 5.74. The van der Waals surface area contributed by atoms with Gasteiger partial charge < -0.3 is 24.5 Å². The summed E-state index contributed by atoms with van der Waals surface area (Å²) in [7, 11) is 0. The second-order valence-electron chi connectivity index (χ2n) is 10.3. The van der Waals surface area contributed by atoms with E-state index in [1.165, 1.54) is 0 Å². The van der Waals surface area contributed by atoms with Crippen LogP contribution in [0.4, 0.5) is 11.4 Å². The molecular weight excluding hydrogens is 514 g/mol. The number of carbonyl (C=O) groups excluding carboxylic acids is 3. The molecule has 5 atom stereocenters. The van der Waals surface area contributed by atoms with E-state index in [-0.39, 0.29) is 42.8 Å². The Morgan fingerprint density at radius 2 is 1.87 bits per heavy atom. The van der Waals surface area contributed by atoms with Crippen LogP contribution in [0.25, 0.3) is 0 Å². The average molecular weight is 556 g/mol. The molecule has 2 unspecified atom stereocenters. The molecule has 3 aliphatic heterocycles. The molecule has 2 amide bonds. The molecule has 4 rings (SSSR count). The highest BCUT2D eigenvalue weighted by Crippen LogP contribution is 2.66. The molecular formula is C30H41N3O5S. The SMILES string of the molecule is C=CCCOC(=O)[C@@H]1[C@H]2C(=O)N(CCCO)C(C(=O)N(CC=C)c3ccc(N(CC)CC)cc3)C23CC[C@H]1S3. The van der Waals surface area contributed by atoms with E-state index in [0.717, 1.165) is 30.9 Å². The predicted octanol–water partition coefficient (Wildman–Crippen LogP) is 3.64. The molecule has 3 saturated heterocycles. The summed E-state index contributed by atoms with van der Waals surface area (Å²) in [5, 5.41) is 9.53. The maximum Gasteiger partial charge on any atom is 0.310 e. The molecule has 3 fully saturated rings. The quantitative estimate of drug-likeness (QED) is 0.213. The second kappa shape index (κ2) is 12.6. The number of amides is 2. The molecule has 0 radical (unpaired) electrons. The number of likely N-dealkylation sites (tertiary alicyclic amines) is 1. The highest BCUT2D eigenvalue weighted by Gasteiger charge is 2.74. The number of hydrogen-bond donors (Lipinski definition) is 1. The lowest BCUT2D eigenvalue weighted by molar-refractivity contribution is -0.154. The molecule has 0 aromatic heterocycles. The molecule has 9 heteroatoms. The number of benzene rings is 1. The number of anilines is 2. The molecule has 1 spiro atoms. The van der Waals surface area contributed by atoms with E-state index in [9.17, 15) is 19.5 Å². The van der Waals surface area contributed by atoms with E-state index in [0.29, 0.717) is 25.8 Å². The Balaban J connectivity index is 1.68. The van der Waals surface area contributed by atoms with E-state index in [4.69, 9.17) is 4.74 Å². The monoisotopic (exact) mass is 555 g/mol. The summed E-state index contributed by atoms with van der Waals surface area (Å²) < 4.78 is 4.84. The van der Waals surface area contributed by atoms with Crippen LogP contribution < -0.4 is 9.80 Å². The summed E-state index contributed by atoms with van der Waals surface area (Å²) in [6.45, 7) is 14.2. The van der Waals surface area contributed by atoms with Crippen LogP contribution >= 0.6 is 11.8 Å². The first-order valence-corrected chi connectivity index (χ1v) is 14.9. The largest absolute Gasteiger partial charge is 0.465 e. The lowest BCUT2D eigenvalue weighted by atomic mass is 9.71. The number of ether oxygens (including phenoxy) is 1. The van der Waals surface area contributed by atoms with Crippen molar-refractivity contribution in [1.29, 1.82) is 0 Å². The van der Waals surface area contributed by atoms with E-state index >= 15 is 0 Å². The van der Waals surface area contributed by atoms with Gasteiger partial charge in [0.1, 0.15) is 6.04 Å². The highest BCUT2D eigenvalue weighted by molar-refractivity contribution is 8.02. The third kappa shape index (κ3) is 5.23.